The number of nitrogens with zero attached hydrogens (tertiary/aromatic N) is 1. The lowest BCUT2D eigenvalue weighted by atomic mass is 10.1. The zero-order valence-corrected chi connectivity index (χ0v) is 10.1. The van der Waals surface area contributed by atoms with Crippen LogP contribution >= 0.6 is 0 Å². The lowest BCUT2D eigenvalue weighted by molar-refractivity contribution is -0.121. The Balaban J connectivity index is 2.34. The zero-order chi connectivity index (χ0) is 12.3. The molecule has 0 aliphatic carbocycles. The predicted octanol–water partition coefficient (Wildman–Crippen LogP) is 1.32. The number of benzene rings is 1. The average Bonchev–Trinajstić information content (AvgIpc) is 2.33. The highest BCUT2D eigenvalue weighted by molar-refractivity contribution is 5.97. The van der Waals surface area contributed by atoms with Gasteiger partial charge in [0, 0.05) is 6.54 Å². The zero-order valence-electron chi connectivity index (χ0n) is 10.1. The summed E-state index contributed by atoms with van der Waals surface area (Å²) < 4.78 is 5.42. The molecule has 0 bridgehead atoms. The Bertz CT molecular complexity index is 418. The molecule has 1 aliphatic rings. The van der Waals surface area contributed by atoms with E-state index in [9.17, 15) is 4.79 Å². The molecule has 17 heavy (non-hydrogen) atoms. The van der Waals surface area contributed by atoms with E-state index in [0.29, 0.717) is 6.54 Å². The summed E-state index contributed by atoms with van der Waals surface area (Å²) in [4.78, 5) is 13.6. The van der Waals surface area contributed by atoms with Gasteiger partial charge in [0.2, 0.25) is 0 Å². The third kappa shape index (κ3) is 2.42. The number of nitrogens with two attached hydrogens (primary N) is 1. The molecule has 4 nitrogen and oxygen atoms in total. The summed E-state index contributed by atoms with van der Waals surface area (Å²) in [5, 5.41) is 0. The summed E-state index contributed by atoms with van der Waals surface area (Å²) in [7, 11) is 0. The Labute approximate surface area is 101 Å². The Morgan fingerprint density at radius 1 is 1.47 bits per heavy atom. The van der Waals surface area contributed by atoms with Crippen molar-refractivity contribution < 1.29 is 9.53 Å². The highest BCUT2D eigenvalue weighted by Crippen LogP contribution is 2.33. The number of ether oxygens (including phenoxy) is 1. The van der Waals surface area contributed by atoms with E-state index in [-0.39, 0.29) is 12.5 Å². The second kappa shape index (κ2) is 5.19. The molecule has 1 amide bonds. The van der Waals surface area contributed by atoms with Gasteiger partial charge in [0.25, 0.3) is 5.91 Å². The molecule has 1 aromatic rings. The Kier molecular flexibility index (Phi) is 3.64. The molecule has 0 atom stereocenters. The maximum atomic E-state index is 11.8. The maximum absolute atomic E-state index is 11.8. The third-order valence-electron chi connectivity index (χ3n) is 2.85. The van der Waals surface area contributed by atoms with Gasteiger partial charge in [0.1, 0.15) is 5.75 Å². The van der Waals surface area contributed by atoms with E-state index in [1.54, 1.807) is 4.90 Å². The SMILES string of the molecule is CCCN1C(=O)COc2ccc(CCN)cc21. The first-order valence-electron chi connectivity index (χ1n) is 6.02. The summed E-state index contributed by atoms with van der Waals surface area (Å²) in [6, 6.07) is 5.94. The van der Waals surface area contributed by atoms with E-state index in [1.807, 2.05) is 18.2 Å². The minimum Gasteiger partial charge on any atom is -0.482 e. The molecule has 2 N–H and O–H groups in total. The van der Waals surface area contributed by atoms with Crippen molar-refractivity contribution in [3.05, 3.63) is 23.8 Å². The van der Waals surface area contributed by atoms with Crippen molar-refractivity contribution in [1.29, 1.82) is 0 Å². The van der Waals surface area contributed by atoms with Crippen LogP contribution in [0.5, 0.6) is 5.75 Å². The number of hydrogen-bond donors (Lipinski definition) is 1. The topological polar surface area (TPSA) is 55.6 Å². The molecule has 1 heterocycles. The van der Waals surface area contributed by atoms with E-state index < -0.39 is 0 Å². The number of amides is 1. The van der Waals surface area contributed by atoms with Crippen LogP contribution in [0.25, 0.3) is 0 Å². The molecule has 0 aromatic heterocycles. The summed E-state index contributed by atoms with van der Waals surface area (Å²) in [5.41, 5.74) is 7.57. The van der Waals surface area contributed by atoms with Gasteiger partial charge in [-0.15, -0.1) is 0 Å². The number of rotatable bonds is 4. The number of fused-ring (bicyclic) bond motifs is 1. The second-order valence-electron chi connectivity index (χ2n) is 4.17. The molecule has 1 aromatic carbocycles. The molecule has 0 spiro atoms. The molecular weight excluding hydrogens is 216 g/mol. The number of anilines is 1. The Morgan fingerprint density at radius 2 is 2.29 bits per heavy atom. The lowest BCUT2D eigenvalue weighted by Gasteiger charge is -2.29. The Morgan fingerprint density at radius 3 is 3.00 bits per heavy atom. The lowest BCUT2D eigenvalue weighted by Crippen LogP contribution is -2.39. The van der Waals surface area contributed by atoms with Crippen LogP contribution in [-0.4, -0.2) is 25.6 Å². The van der Waals surface area contributed by atoms with Crippen LogP contribution in [-0.2, 0) is 11.2 Å². The van der Waals surface area contributed by atoms with Crippen molar-refractivity contribution in [3.63, 3.8) is 0 Å². The fourth-order valence-corrected chi connectivity index (χ4v) is 2.04. The highest BCUT2D eigenvalue weighted by atomic mass is 16.5. The van der Waals surface area contributed by atoms with Crippen LogP contribution in [0.15, 0.2) is 18.2 Å². The van der Waals surface area contributed by atoms with E-state index >= 15 is 0 Å². The molecule has 0 saturated carbocycles. The average molecular weight is 234 g/mol. The van der Waals surface area contributed by atoms with Gasteiger partial charge in [-0.2, -0.15) is 0 Å². The molecule has 4 heteroatoms. The van der Waals surface area contributed by atoms with Crippen LogP contribution < -0.4 is 15.4 Å². The fraction of sp³-hybridized carbons (Fsp3) is 0.462. The van der Waals surface area contributed by atoms with Gasteiger partial charge in [-0.05, 0) is 37.1 Å². The number of carbonyl (C=O) groups is 1. The first kappa shape index (κ1) is 11.9. The highest BCUT2D eigenvalue weighted by Gasteiger charge is 2.24. The smallest absolute Gasteiger partial charge is 0.265 e. The largest absolute Gasteiger partial charge is 0.482 e. The summed E-state index contributed by atoms with van der Waals surface area (Å²) in [6.07, 6.45) is 1.76. The standard InChI is InChI=1S/C13H18N2O2/c1-2-7-15-11-8-10(5-6-14)3-4-12(11)17-9-13(15)16/h3-4,8H,2,5-7,9,14H2,1H3. The monoisotopic (exact) mass is 234 g/mol. The van der Waals surface area contributed by atoms with Gasteiger partial charge in [-0.3, -0.25) is 4.79 Å². The van der Waals surface area contributed by atoms with E-state index in [2.05, 4.69) is 6.92 Å². The van der Waals surface area contributed by atoms with Gasteiger partial charge in [0.05, 0.1) is 5.69 Å². The van der Waals surface area contributed by atoms with Gasteiger partial charge in [-0.1, -0.05) is 13.0 Å². The minimum atomic E-state index is 0.0317. The van der Waals surface area contributed by atoms with Crippen LogP contribution in [0.1, 0.15) is 18.9 Å². The molecule has 0 unspecified atom stereocenters. The van der Waals surface area contributed by atoms with Crippen molar-refractivity contribution in [2.75, 3.05) is 24.6 Å². The quantitative estimate of drug-likeness (QED) is 0.855. The molecule has 0 saturated heterocycles. The van der Waals surface area contributed by atoms with Crippen molar-refractivity contribution in [3.8, 4) is 5.75 Å². The van der Waals surface area contributed by atoms with Gasteiger partial charge in [-0.25, -0.2) is 0 Å². The second-order valence-corrected chi connectivity index (χ2v) is 4.17. The van der Waals surface area contributed by atoms with Gasteiger partial charge >= 0.3 is 0 Å². The first-order valence-corrected chi connectivity index (χ1v) is 6.02. The summed E-state index contributed by atoms with van der Waals surface area (Å²) in [5.74, 6) is 0.822. The molecule has 2 rings (SSSR count). The van der Waals surface area contributed by atoms with E-state index in [0.717, 1.165) is 36.4 Å². The predicted molar refractivity (Wildman–Crippen MR) is 67.3 cm³/mol. The van der Waals surface area contributed by atoms with Gasteiger partial charge < -0.3 is 15.4 Å². The molecule has 0 fully saturated rings. The van der Waals surface area contributed by atoms with Crippen LogP contribution in [0.4, 0.5) is 5.69 Å². The van der Waals surface area contributed by atoms with Crippen LogP contribution in [0.2, 0.25) is 0 Å². The minimum absolute atomic E-state index is 0.0317. The molecular formula is C13H18N2O2. The third-order valence-corrected chi connectivity index (χ3v) is 2.85. The van der Waals surface area contributed by atoms with Crippen molar-refractivity contribution in [2.24, 2.45) is 5.73 Å². The van der Waals surface area contributed by atoms with E-state index in [1.165, 1.54) is 0 Å². The Hall–Kier alpha value is -1.55. The molecule has 1 aliphatic heterocycles. The normalized spacial score (nSPS) is 14.5. The first-order chi connectivity index (χ1) is 8.26. The summed E-state index contributed by atoms with van der Waals surface area (Å²) in [6.45, 7) is 3.55. The van der Waals surface area contributed by atoms with Crippen molar-refractivity contribution >= 4 is 11.6 Å². The number of hydrogen-bond acceptors (Lipinski definition) is 3. The molecule has 0 radical (unpaired) electrons. The van der Waals surface area contributed by atoms with Crippen molar-refractivity contribution in [2.45, 2.75) is 19.8 Å². The van der Waals surface area contributed by atoms with E-state index in [4.69, 9.17) is 10.5 Å². The molecule has 92 valence electrons. The van der Waals surface area contributed by atoms with Crippen LogP contribution in [0, 0.1) is 0 Å². The summed E-state index contributed by atoms with van der Waals surface area (Å²) >= 11 is 0. The fourth-order valence-electron chi connectivity index (χ4n) is 2.04. The van der Waals surface area contributed by atoms with Crippen molar-refractivity contribution in [1.82, 2.24) is 0 Å². The number of carbonyl (C=O) groups excluding carboxylic acids is 1. The maximum Gasteiger partial charge on any atom is 0.265 e. The van der Waals surface area contributed by atoms with Gasteiger partial charge in [0.15, 0.2) is 6.61 Å². The van der Waals surface area contributed by atoms with Crippen LogP contribution in [0.3, 0.4) is 0 Å².